The number of esters is 1. The molecule has 0 atom stereocenters. The second kappa shape index (κ2) is 6.33. The second-order valence-corrected chi connectivity index (χ2v) is 6.52. The third-order valence-corrected chi connectivity index (χ3v) is 4.47. The third kappa shape index (κ3) is 3.55. The Morgan fingerprint density at radius 2 is 2.05 bits per heavy atom. The van der Waals surface area contributed by atoms with Gasteiger partial charge in [-0.25, -0.2) is 18.2 Å². The molecule has 1 aromatic heterocycles. The molecule has 116 valence electrons. The number of methoxy groups -OCH3 is 1. The van der Waals surface area contributed by atoms with Crippen LogP contribution in [0.5, 0.6) is 0 Å². The molecule has 8 heteroatoms. The molecule has 0 saturated heterocycles. The summed E-state index contributed by atoms with van der Waals surface area (Å²) >= 11 is 5.88. The van der Waals surface area contributed by atoms with Gasteiger partial charge in [-0.15, -0.1) is 0 Å². The molecule has 0 saturated carbocycles. The molecule has 2 rings (SSSR count). The Bertz CT molecular complexity index is 821. The highest BCUT2D eigenvalue weighted by atomic mass is 35.5. The van der Waals surface area contributed by atoms with E-state index < -0.39 is 16.0 Å². The highest BCUT2D eigenvalue weighted by molar-refractivity contribution is 7.92. The molecule has 2 aromatic rings. The number of nitrogens with zero attached hydrogens (tertiary/aromatic N) is 1. The van der Waals surface area contributed by atoms with E-state index in [1.165, 1.54) is 31.5 Å². The predicted octanol–water partition coefficient (Wildman–Crippen LogP) is 2.63. The van der Waals surface area contributed by atoms with Gasteiger partial charge in [0.2, 0.25) is 0 Å². The van der Waals surface area contributed by atoms with Crippen LogP contribution in [0.15, 0.2) is 41.4 Å². The number of hydrogen-bond donors (Lipinski definition) is 1. The van der Waals surface area contributed by atoms with Crippen molar-refractivity contribution >= 4 is 33.3 Å². The molecule has 0 aliphatic rings. The van der Waals surface area contributed by atoms with Crippen molar-refractivity contribution in [3.63, 3.8) is 0 Å². The van der Waals surface area contributed by atoms with Gasteiger partial charge in [0.1, 0.15) is 0 Å². The van der Waals surface area contributed by atoms with E-state index in [0.717, 1.165) is 5.56 Å². The fourth-order valence-electron chi connectivity index (χ4n) is 1.74. The van der Waals surface area contributed by atoms with Crippen LogP contribution in [0.2, 0.25) is 5.15 Å². The van der Waals surface area contributed by atoms with Gasteiger partial charge in [-0.1, -0.05) is 23.7 Å². The maximum Gasteiger partial charge on any atom is 0.339 e. The molecule has 1 aromatic carbocycles. The maximum absolute atomic E-state index is 12.3. The number of sulfonamides is 1. The van der Waals surface area contributed by atoms with E-state index >= 15 is 0 Å². The SMILES string of the molecule is COC(=O)c1cnc(Cl)c(NS(=O)(=O)c2cccc(C)c2)c1. The molecule has 0 bridgehead atoms. The van der Waals surface area contributed by atoms with Crippen molar-refractivity contribution in [1.82, 2.24) is 4.98 Å². The van der Waals surface area contributed by atoms with Gasteiger partial charge in [0.05, 0.1) is 23.3 Å². The fourth-order valence-corrected chi connectivity index (χ4v) is 3.10. The number of pyridine rings is 1. The number of aromatic nitrogens is 1. The Hall–Kier alpha value is -2.12. The van der Waals surface area contributed by atoms with Crippen LogP contribution in [0.4, 0.5) is 5.69 Å². The zero-order valence-corrected chi connectivity index (χ0v) is 13.4. The van der Waals surface area contributed by atoms with Gasteiger partial charge in [-0.05, 0) is 30.7 Å². The van der Waals surface area contributed by atoms with E-state index in [-0.39, 0.29) is 21.3 Å². The molecule has 6 nitrogen and oxygen atoms in total. The molecular weight excluding hydrogens is 328 g/mol. The summed E-state index contributed by atoms with van der Waals surface area (Å²) in [6.45, 7) is 1.78. The van der Waals surface area contributed by atoms with Gasteiger partial charge in [0, 0.05) is 6.20 Å². The standard InChI is InChI=1S/C14H13ClN2O4S/c1-9-4-3-5-11(6-9)22(19,20)17-12-7-10(14(18)21-2)8-16-13(12)15/h3-8,17H,1-2H3. The Labute approximate surface area is 133 Å². The van der Waals surface area contributed by atoms with Crippen molar-refractivity contribution < 1.29 is 17.9 Å². The molecule has 0 fully saturated rings. The smallest absolute Gasteiger partial charge is 0.339 e. The van der Waals surface area contributed by atoms with Crippen LogP contribution in [0.25, 0.3) is 0 Å². The first-order valence-electron chi connectivity index (χ1n) is 6.17. The largest absolute Gasteiger partial charge is 0.465 e. The molecular formula is C14H13ClN2O4S. The third-order valence-electron chi connectivity index (χ3n) is 2.80. The van der Waals surface area contributed by atoms with Crippen LogP contribution < -0.4 is 4.72 Å². The molecule has 0 aliphatic carbocycles. The van der Waals surface area contributed by atoms with Crippen molar-refractivity contribution in [2.24, 2.45) is 0 Å². The van der Waals surface area contributed by atoms with Crippen molar-refractivity contribution in [2.45, 2.75) is 11.8 Å². The summed E-state index contributed by atoms with van der Waals surface area (Å²) in [4.78, 5) is 15.3. The van der Waals surface area contributed by atoms with Crippen LogP contribution in [-0.4, -0.2) is 26.5 Å². The van der Waals surface area contributed by atoms with Crippen molar-refractivity contribution in [2.75, 3.05) is 11.8 Å². The minimum Gasteiger partial charge on any atom is -0.465 e. The summed E-state index contributed by atoms with van der Waals surface area (Å²) in [5, 5.41) is -0.0659. The van der Waals surface area contributed by atoms with E-state index in [1.807, 2.05) is 0 Å². The first-order valence-corrected chi connectivity index (χ1v) is 8.03. The number of hydrogen-bond acceptors (Lipinski definition) is 5. The summed E-state index contributed by atoms with van der Waals surface area (Å²) in [6, 6.07) is 7.67. The lowest BCUT2D eigenvalue weighted by Crippen LogP contribution is -2.14. The predicted molar refractivity (Wildman–Crippen MR) is 82.6 cm³/mol. The van der Waals surface area contributed by atoms with Crippen LogP contribution in [0.3, 0.4) is 0 Å². The molecule has 1 heterocycles. The Balaban J connectivity index is 2.39. The number of rotatable bonds is 4. The molecule has 1 N–H and O–H groups in total. The van der Waals surface area contributed by atoms with Crippen LogP contribution in [0.1, 0.15) is 15.9 Å². The Morgan fingerprint density at radius 1 is 1.32 bits per heavy atom. The highest BCUT2D eigenvalue weighted by Gasteiger charge is 2.18. The monoisotopic (exact) mass is 340 g/mol. The fraction of sp³-hybridized carbons (Fsp3) is 0.143. The summed E-state index contributed by atoms with van der Waals surface area (Å²) in [7, 11) is -2.62. The zero-order valence-electron chi connectivity index (χ0n) is 11.8. The number of aryl methyl sites for hydroxylation is 1. The minimum absolute atomic E-state index is 0.00562. The van der Waals surface area contributed by atoms with Gasteiger partial charge in [-0.3, -0.25) is 4.72 Å². The maximum atomic E-state index is 12.3. The van der Waals surface area contributed by atoms with Crippen molar-refractivity contribution in [3.8, 4) is 0 Å². The molecule has 0 spiro atoms. The molecule has 0 aliphatic heterocycles. The van der Waals surface area contributed by atoms with Gasteiger partial charge >= 0.3 is 5.97 Å². The summed E-state index contributed by atoms with van der Waals surface area (Å²) in [5.41, 5.74) is 0.898. The number of carbonyl (C=O) groups is 1. The van der Waals surface area contributed by atoms with E-state index in [4.69, 9.17) is 11.6 Å². The van der Waals surface area contributed by atoms with Gasteiger partial charge in [-0.2, -0.15) is 0 Å². The minimum atomic E-state index is -3.83. The number of halogens is 1. The number of ether oxygens (including phenoxy) is 1. The van der Waals surface area contributed by atoms with Crippen molar-refractivity contribution in [1.29, 1.82) is 0 Å². The average Bonchev–Trinajstić information content (AvgIpc) is 2.48. The average molecular weight is 341 g/mol. The van der Waals surface area contributed by atoms with E-state index in [1.54, 1.807) is 19.1 Å². The Morgan fingerprint density at radius 3 is 2.68 bits per heavy atom. The molecule has 0 radical (unpaired) electrons. The number of nitrogens with one attached hydrogen (secondary N) is 1. The lowest BCUT2D eigenvalue weighted by atomic mass is 10.2. The van der Waals surface area contributed by atoms with Gasteiger partial charge < -0.3 is 4.74 Å². The first kappa shape index (κ1) is 16.3. The van der Waals surface area contributed by atoms with E-state index in [2.05, 4.69) is 14.4 Å². The quantitative estimate of drug-likeness (QED) is 0.683. The van der Waals surface area contributed by atoms with Crippen LogP contribution in [-0.2, 0) is 14.8 Å². The van der Waals surface area contributed by atoms with Crippen LogP contribution in [0, 0.1) is 6.92 Å². The lowest BCUT2D eigenvalue weighted by Gasteiger charge is -2.10. The highest BCUT2D eigenvalue weighted by Crippen LogP contribution is 2.24. The van der Waals surface area contributed by atoms with Crippen molar-refractivity contribution in [3.05, 3.63) is 52.8 Å². The van der Waals surface area contributed by atoms with E-state index in [9.17, 15) is 13.2 Å². The zero-order chi connectivity index (χ0) is 16.3. The second-order valence-electron chi connectivity index (χ2n) is 4.48. The summed E-state index contributed by atoms with van der Waals surface area (Å²) in [5.74, 6) is -0.639. The first-order chi connectivity index (χ1) is 10.3. The van der Waals surface area contributed by atoms with Gasteiger partial charge in [0.25, 0.3) is 10.0 Å². The Kier molecular flexibility index (Phi) is 4.68. The summed E-state index contributed by atoms with van der Waals surface area (Å²) in [6.07, 6.45) is 1.21. The number of carbonyl (C=O) groups excluding carboxylic acids is 1. The lowest BCUT2D eigenvalue weighted by molar-refractivity contribution is 0.0600. The molecule has 0 amide bonds. The summed E-state index contributed by atoms with van der Waals surface area (Å²) < 4.78 is 31.6. The van der Waals surface area contributed by atoms with E-state index in [0.29, 0.717) is 0 Å². The van der Waals surface area contributed by atoms with Gasteiger partial charge in [0.15, 0.2) is 5.15 Å². The molecule has 0 unspecified atom stereocenters. The van der Waals surface area contributed by atoms with Crippen LogP contribution >= 0.6 is 11.6 Å². The number of anilines is 1. The molecule has 22 heavy (non-hydrogen) atoms. The number of benzene rings is 1. The normalized spacial score (nSPS) is 11.0. The topological polar surface area (TPSA) is 85.4 Å².